The van der Waals surface area contributed by atoms with Crippen LogP contribution in [0, 0.1) is 6.92 Å². The van der Waals surface area contributed by atoms with Gasteiger partial charge in [0.15, 0.2) is 0 Å². The summed E-state index contributed by atoms with van der Waals surface area (Å²) in [6, 6.07) is 0.154. The highest BCUT2D eigenvalue weighted by atomic mass is 32.2. The van der Waals surface area contributed by atoms with Gasteiger partial charge < -0.3 is 5.32 Å². The van der Waals surface area contributed by atoms with Crippen molar-refractivity contribution in [2.75, 3.05) is 6.54 Å². The molecule has 0 unspecified atom stereocenters. The van der Waals surface area contributed by atoms with E-state index in [1.807, 2.05) is 18.6 Å². The summed E-state index contributed by atoms with van der Waals surface area (Å²) in [4.78, 5) is -0.0682. The number of nitrogens with one attached hydrogen (secondary N) is 3. The highest BCUT2D eigenvalue weighted by Crippen LogP contribution is 2.17. The van der Waals surface area contributed by atoms with Crippen LogP contribution in [0.25, 0.3) is 0 Å². The van der Waals surface area contributed by atoms with Crippen molar-refractivity contribution in [3.63, 3.8) is 0 Å². The molecule has 6 nitrogen and oxygen atoms in total. The fraction of sp³-hybridized carbons (Fsp3) is 0.700. The van der Waals surface area contributed by atoms with Gasteiger partial charge in [0.25, 0.3) is 6.43 Å². The van der Waals surface area contributed by atoms with Gasteiger partial charge in [-0.15, -0.1) is 0 Å². The minimum atomic E-state index is -3.98. The summed E-state index contributed by atoms with van der Waals surface area (Å²) in [6.07, 6.45) is -2.74. The van der Waals surface area contributed by atoms with E-state index < -0.39 is 23.0 Å². The van der Waals surface area contributed by atoms with Crippen LogP contribution in [0.1, 0.15) is 25.2 Å². The third-order valence-electron chi connectivity index (χ3n) is 2.34. The summed E-state index contributed by atoms with van der Waals surface area (Å²) >= 11 is 0. The standard InChI is InChI=1S/C10H18F2N4O2S/c1-6(2)13-4-8-10(7(3)15-16-8)19(17,18)14-5-9(11)12/h6,9,13-14H,4-5H2,1-3H3,(H,15,16). The predicted molar refractivity (Wildman–Crippen MR) is 66.5 cm³/mol. The summed E-state index contributed by atoms with van der Waals surface area (Å²) in [5.74, 6) is 0. The number of aromatic amines is 1. The highest BCUT2D eigenvalue weighted by Gasteiger charge is 2.24. The number of halogens is 2. The minimum Gasteiger partial charge on any atom is -0.309 e. The van der Waals surface area contributed by atoms with Crippen LogP contribution in [0.3, 0.4) is 0 Å². The molecule has 0 radical (unpaired) electrons. The maximum absolute atomic E-state index is 12.1. The van der Waals surface area contributed by atoms with Crippen LogP contribution in [0.2, 0.25) is 0 Å². The second-order valence-electron chi connectivity index (χ2n) is 4.40. The summed E-state index contributed by atoms with van der Waals surface area (Å²) < 4.78 is 50.0. The van der Waals surface area contributed by atoms with Crippen molar-refractivity contribution >= 4 is 10.0 Å². The third kappa shape index (κ3) is 4.51. The van der Waals surface area contributed by atoms with Gasteiger partial charge in [-0.05, 0) is 6.92 Å². The summed E-state index contributed by atoms with van der Waals surface area (Å²) in [5.41, 5.74) is 0.607. The first kappa shape index (κ1) is 16.0. The molecule has 1 aromatic heterocycles. The number of H-pyrrole nitrogens is 1. The molecule has 0 fully saturated rings. The summed E-state index contributed by atoms with van der Waals surface area (Å²) in [7, 11) is -3.98. The van der Waals surface area contributed by atoms with Crippen LogP contribution in [-0.2, 0) is 16.6 Å². The molecule has 0 atom stereocenters. The first-order valence-corrected chi connectivity index (χ1v) is 7.27. The van der Waals surface area contributed by atoms with Crippen molar-refractivity contribution in [3.8, 4) is 0 Å². The molecule has 1 heterocycles. The van der Waals surface area contributed by atoms with Crippen LogP contribution in [0.5, 0.6) is 0 Å². The van der Waals surface area contributed by atoms with E-state index in [0.717, 1.165) is 0 Å². The molecule has 0 aromatic carbocycles. The lowest BCUT2D eigenvalue weighted by molar-refractivity contribution is 0.153. The van der Waals surface area contributed by atoms with Crippen LogP contribution in [-0.4, -0.2) is 37.6 Å². The van der Waals surface area contributed by atoms with E-state index in [1.165, 1.54) is 6.92 Å². The number of aryl methyl sites for hydroxylation is 1. The lowest BCUT2D eigenvalue weighted by Crippen LogP contribution is -2.30. The Hall–Kier alpha value is -1.06. The molecule has 1 aromatic rings. The van der Waals surface area contributed by atoms with Crippen LogP contribution >= 0.6 is 0 Å². The quantitative estimate of drug-likeness (QED) is 0.693. The van der Waals surface area contributed by atoms with Crippen LogP contribution in [0.15, 0.2) is 4.90 Å². The van der Waals surface area contributed by atoms with Crippen molar-refractivity contribution in [3.05, 3.63) is 11.4 Å². The van der Waals surface area contributed by atoms with E-state index in [1.54, 1.807) is 0 Å². The van der Waals surface area contributed by atoms with Gasteiger partial charge in [-0.1, -0.05) is 13.8 Å². The zero-order valence-corrected chi connectivity index (χ0v) is 11.8. The van der Waals surface area contributed by atoms with Gasteiger partial charge >= 0.3 is 0 Å². The zero-order valence-electron chi connectivity index (χ0n) is 11.0. The van der Waals surface area contributed by atoms with Gasteiger partial charge in [0.2, 0.25) is 10.0 Å². The average molecular weight is 296 g/mol. The summed E-state index contributed by atoms with van der Waals surface area (Å²) in [6.45, 7) is 4.67. The maximum Gasteiger partial charge on any atom is 0.251 e. The lowest BCUT2D eigenvalue weighted by Gasteiger charge is -2.09. The SMILES string of the molecule is Cc1[nH]nc(CNC(C)C)c1S(=O)(=O)NCC(F)F. The third-order valence-corrected chi connectivity index (χ3v) is 3.96. The zero-order chi connectivity index (χ0) is 14.6. The van der Waals surface area contributed by atoms with E-state index in [0.29, 0.717) is 5.69 Å². The molecule has 0 aliphatic rings. The lowest BCUT2D eigenvalue weighted by atomic mass is 10.3. The summed E-state index contributed by atoms with van der Waals surface area (Å²) in [5, 5.41) is 9.47. The topological polar surface area (TPSA) is 86.9 Å². The first-order chi connectivity index (χ1) is 8.74. The van der Waals surface area contributed by atoms with Gasteiger partial charge in [0.1, 0.15) is 4.90 Å². The molecule has 0 saturated carbocycles. The number of alkyl halides is 2. The molecular weight excluding hydrogens is 278 g/mol. The molecule has 0 bridgehead atoms. The fourth-order valence-corrected chi connectivity index (χ4v) is 2.86. The van der Waals surface area contributed by atoms with Gasteiger partial charge in [-0.2, -0.15) is 5.10 Å². The van der Waals surface area contributed by atoms with Gasteiger partial charge in [0, 0.05) is 12.6 Å². The Balaban J connectivity index is 2.95. The van der Waals surface area contributed by atoms with Crippen LogP contribution in [0.4, 0.5) is 8.78 Å². The molecule has 9 heteroatoms. The van der Waals surface area contributed by atoms with E-state index >= 15 is 0 Å². The first-order valence-electron chi connectivity index (χ1n) is 5.79. The van der Waals surface area contributed by atoms with Crippen molar-refractivity contribution in [1.29, 1.82) is 0 Å². The van der Waals surface area contributed by atoms with E-state index in [2.05, 4.69) is 15.5 Å². The molecule has 110 valence electrons. The molecule has 19 heavy (non-hydrogen) atoms. The number of hydrogen-bond acceptors (Lipinski definition) is 4. The monoisotopic (exact) mass is 296 g/mol. The second-order valence-corrected chi connectivity index (χ2v) is 6.11. The molecule has 0 amide bonds. The molecule has 0 spiro atoms. The Labute approximate surface area is 111 Å². The van der Waals surface area contributed by atoms with E-state index in [9.17, 15) is 17.2 Å². The average Bonchev–Trinajstić information content (AvgIpc) is 2.66. The van der Waals surface area contributed by atoms with E-state index in [4.69, 9.17) is 0 Å². The predicted octanol–water partition coefficient (Wildman–Crippen LogP) is 0.760. The Bertz CT molecular complexity index is 514. The Kier molecular flexibility index (Phi) is 5.39. The molecule has 1 rings (SSSR count). The Morgan fingerprint density at radius 3 is 2.53 bits per heavy atom. The van der Waals surface area contributed by atoms with Gasteiger partial charge in [-0.25, -0.2) is 21.9 Å². The highest BCUT2D eigenvalue weighted by molar-refractivity contribution is 7.89. The number of sulfonamides is 1. The van der Waals surface area contributed by atoms with Crippen molar-refractivity contribution < 1.29 is 17.2 Å². The van der Waals surface area contributed by atoms with Crippen molar-refractivity contribution in [1.82, 2.24) is 20.2 Å². The molecule has 0 aliphatic heterocycles. The largest absolute Gasteiger partial charge is 0.309 e. The molecular formula is C10H18F2N4O2S. The Morgan fingerprint density at radius 1 is 1.37 bits per heavy atom. The van der Waals surface area contributed by atoms with Gasteiger partial charge in [0.05, 0.1) is 17.9 Å². The van der Waals surface area contributed by atoms with E-state index in [-0.39, 0.29) is 23.2 Å². The molecule has 0 saturated heterocycles. The maximum atomic E-state index is 12.1. The van der Waals surface area contributed by atoms with Crippen LogP contribution < -0.4 is 10.0 Å². The molecule has 0 aliphatic carbocycles. The number of aromatic nitrogens is 2. The number of nitrogens with zero attached hydrogens (tertiary/aromatic N) is 1. The van der Waals surface area contributed by atoms with Crippen molar-refractivity contribution in [2.45, 2.75) is 44.7 Å². The van der Waals surface area contributed by atoms with Crippen molar-refractivity contribution in [2.24, 2.45) is 0 Å². The normalized spacial score (nSPS) is 12.6. The molecule has 3 N–H and O–H groups in total. The number of rotatable bonds is 7. The fourth-order valence-electron chi connectivity index (χ4n) is 1.49. The number of hydrogen-bond donors (Lipinski definition) is 3. The second kappa shape index (κ2) is 6.40. The van der Waals surface area contributed by atoms with Gasteiger partial charge in [-0.3, -0.25) is 5.10 Å². The Morgan fingerprint density at radius 2 is 2.00 bits per heavy atom. The minimum absolute atomic E-state index is 0.0682. The smallest absolute Gasteiger partial charge is 0.251 e.